The highest BCUT2D eigenvalue weighted by atomic mass is 32.1. The van der Waals surface area contributed by atoms with Gasteiger partial charge in [0.05, 0.1) is 6.61 Å². The van der Waals surface area contributed by atoms with Crippen LogP contribution >= 0.6 is 12.2 Å². The number of benzene rings is 1. The van der Waals surface area contributed by atoms with Gasteiger partial charge in [0.25, 0.3) is 0 Å². The molecule has 0 radical (unpaired) electrons. The van der Waals surface area contributed by atoms with Crippen LogP contribution in [0.3, 0.4) is 0 Å². The molecule has 1 aromatic rings. The second kappa shape index (κ2) is 7.60. The predicted molar refractivity (Wildman–Crippen MR) is 77.0 cm³/mol. The Hall–Kier alpha value is -1.65. The number of nitrogens with one attached hydrogen (secondary N) is 2. The summed E-state index contributed by atoms with van der Waals surface area (Å²) in [5.41, 5.74) is 1.92. The summed E-state index contributed by atoms with van der Waals surface area (Å²) in [5.74, 6) is 0. The molecule has 0 spiro atoms. The standard InChI is InChI=1S/C13H16N2OS/c1-2-8-14-13(17)15-12-7-3-5-11(10-12)6-4-9-16/h2-7,10,16H,1,8-9H2,(H2,14,15,17)/b6-4+. The molecule has 4 heteroatoms. The third-order valence-electron chi connectivity index (χ3n) is 1.97. The van der Waals surface area contributed by atoms with Crippen LogP contribution in [-0.4, -0.2) is 23.4 Å². The highest BCUT2D eigenvalue weighted by Crippen LogP contribution is 2.11. The molecular weight excluding hydrogens is 232 g/mol. The van der Waals surface area contributed by atoms with Gasteiger partial charge in [-0.3, -0.25) is 0 Å². The van der Waals surface area contributed by atoms with Crippen LogP contribution in [0.2, 0.25) is 0 Å². The molecule has 0 amide bonds. The van der Waals surface area contributed by atoms with Crippen LogP contribution in [0.15, 0.2) is 43.0 Å². The summed E-state index contributed by atoms with van der Waals surface area (Å²) in [6, 6.07) is 7.76. The number of hydrogen-bond donors (Lipinski definition) is 3. The zero-order valence-corrected chi connectivity index (χ0v) is 10.3. The van der Waals surface area contributed by atoms with Crippen molar-refractivity contribution in [2.24, 2.45) is 0 Å². The second-order valence-electron chi connectivity index (χ2n) is 3.33. The van der Waals surface area contributed by atoms with Crippen molar-refractivity contribution in [3.63, 3.8) is 0 Å². The van der Waals surface area contributed by atoms with Crippen molar-refractivity contribution < 1.29 is 5.11 Å². The van der Waals surface area contributed by atoms with Crippen molar-refractivity contribution >= 4 is 29.1 Å². The van der Waals surface area contributed by atoms with E-state index < -0.39 is 0 Å². The van der Waals surface area contributed by atoms with E-state index in [-0.39, 0.29) is 6.61 Å². The average Bonchev–Trinajstić information content (AvgIpc) is 2.34. The summed E-state index contributed by atoms with van der Waals surface area (Å²) in [4.78, 5) is 0. The van der Waals surface area contributed by atoms with E-state index in [0.717, 1.165) is 11.3 Å². The second-order valence-corrected chi connectivity index (χ2v) is 3.74. The van der Waals surface area contributed by atoms with Crippen LogP contribution in [0, 0.1) is 0 Å². The minimum atomic E-state index is 0.0386. The lowest BCUT2D eigenvalue weighted by atomic mass is 10.2. The van der Waals surface area contributed by atoms with Crippen molar-refractivity contribution in [3.05, 3.63) is 48.6 Å². The van der Waals surface area contributed by atoms with Crippen molar-refractivity contribution in [3.8, 4) is 0 Å². The van der Waals surface area contributed by atoms with Gasteiger partial charge in [0.2, 0.25) is 0 Å². The zero-order chi connectivity index (χ0) is 12.5. The van der Waals surface area contributed by atoms with Crippen LogP contribution in [0.1, 0.15) is 5.56 Å². The molecule has 0 saturated heterocycles. The molecule has 0 unspecified atom stereocenters. The van der Waals surface area contributed by atoms with E-state index in [1.54, 1.807) is 12.2 Å². The summed E-state index contributed by atoms with van der Waals surface area (Å²) in [6.07, 6.45) is 5.28. The molecule has 0 fully saturated rings. The fourth-order valence-electron chi connectivity index (χ4n) is 1.25. The number of aliphatic hydroxyl groups excluding tert-OH is 1. The van der Waals surface area contributed by atoms with Crippen LogP contribution in [0.4, 0.5) is 5.69 Å². The van der Waals surface area contributed by atoms with Crippen LogP contribution < -0.4 is 10.6 Å². The van der Waals surface area contributed by atoms with Crippen LogP contribution in [-0.2, 0) is 0 Å². The van der Waals surface area contributed by atoms with Gasteiger partial charge >= 0.3 is 0 Å². The van der Waals surface area contributed by atoms with Crippen molar-refractivity contribution in [2.75, 3.05) is 18.5 Å². The summed E-state index contributed by atoms with van der Waals surface area (Å²) in [5, 5.41) is 15.3. The third-order valence-corrected chi connectivity index (χ3v) is 2.21. The fraction of sp³-hybridized carbons (Fsp3) is 0.154. The molecule has 0 aromatic heterocycles. The fourth-order valence-corrected chi connectivity index (χ4v) is 1.45. The highest BCUT2D eigenvalue weighted by molar-refractivity contribution is 7.80. The summed E-state index contributed by atoms with van der Waals surface area (Å²) in [6.45, 7) is 4.28. The Kier molecular flexibility index (Phi) is 5.99. The Labute approximate surface area is 107 Å². The van der Waals surface area contributed by atoms with E-state index in [2.05, 4.69) is 17.2 Å². The SMILES string of the molecule is C=CCNC(=S)Nc1cccc(/C=C/CO)c1. The molecule has 0 aliphatic rings. The number of rotatable bonds is 5. The lowest BCUT2D eigenvalue weighted by Crippen LogP contribution is -2.28. The lowest BCUT2D eigenvalue weighted by Gasteiger charge is -2.09. The molecule has 0 saturated carbocycles. The summed E-state index contributed by atoms with van der Waals surface area (Å²) >= 11 is 5.10. The van der Waals surface area contributed by atoms with E-state index in [9.17, 15) is 0 Å². The minimum Gasteiger partial charge on any atom is -0.392 e. The molecule has 0 atom stereocenters. The maximum atomic E-state index is 8.70. The largest absolute Gasteiger partial charge is 0.392 e. The Morgan fingerprint density at radius 3 is 3.00 bits per heavy atom. The lowest BCUT2D eigenvalue weighted by molar-refractivity contribution is 0.343. The molecule has 1 aromatic carbocycles. The van der Waals surface area contributed by atoms with Gasteiger partial charge in [0.15, 0.2) is 5.11 Å². The Morgan fingerprint density at radius 2 is 2.29 bits per heavy atom. The molecular formula is C13H16N2OS. The number of aliphatic hydroxyl groups is 1. The predicted octanol–water partition coefficient (Wildman–Crippen LogP) is 2.16. The molecule has 17 heavy (non-hydrogen) atoms. The normalized spacial score (nSPS) is 10.2. The minimum absolute atomic E-state index is 0.0386. The van der Waals surface area contributed by atoms with Gasteiger partial charge in [-0.15, -0.1) is 6.58 Å². The zero-order valence-electron chi connectivity index (χ0n) is 9.52. The van der Waals surface area contributed by atoms with Gasteiger partial charge in [-0.25, -0.2) is 0 Å². The van der Waals surface area contributed by atoms with Crippen molar-refractivity contribution in [1.29, 1.82) is 0 Å². The number of anilines is 1. The molecule has 0 aliphatic heterocycles. The van der Waals surface area contributed by atoms with Crippen LogP contribution in [0.25, 0.3) is 6.08 Å². The molecule has 0 bridgehead atoms. The smallest absolute Gasteiger partial charge is 0.171 e. The molecule has 1 rings (SSSR count). The van der Waals surface area contributed by atoms with Gasteiger partial charge in [-0.1, -0.05) is 30.4 Å². The van der Waals surface area contributed by atoms with E-state index in [1.807, 2.05) is 30.3 Å². The molecule has 3 nitrogen and oxygen atoms in total. The average molecular weight is 248 g/mol. The van der Waals surface area contributed by atoms with Crippen LogP contribution in [0.5, 0.6) is 0 Å². The summed E-state index contributed by atoms with van der Waals surface area (Å²) < 4.78 is 0. The maximum Gasteiger partial charge on any atom is 0.171 e. The first-order chi connectivity index (χ1) is 8.26. The van der Waals surface area contributed by atoms with E-state index >= 15 is 0 Å². The highest BCUT2D eigenvalue weighted by Gasteiger charge is 1.96. The number of thiocarbonyl (C=S) groups is 1. The first-order valence-electron chi connectivity index (χ1n) is 5.29. The van der Waals surface area contributed by atoms with Crippen molar-refractivity contribution in [2.45, 2.75) is 0 Å². The van der Waals surface area contributed by atoms with Gasteiger partial charge in [0.1, 0.15) is 0 Å². The molecule has 3 N–H and O–H groups in total. The Balaban J connectivity index is 2.62. The third kappa shape index (κ3) is 5.29. The van der Waals surface area contributed by atoms with Gasteiger partial charge in [-0.05, 0) is 29.9 Å². The summed E-state index contributed by atoms with van der Waals surface area (Å²) in [7, 11) is 0. The first kappa shape index (κ1) is 13.4. The number of hydrogen-bond acceptors (Lipinski definition) is 2. The van der Waals surface area contributed by atoms with Gasteiger partial charge in [0, 0.05) is 12.2 Å². The van der Waals surface area contributed by atoms with Gasteiger partial charge in [-0.2, -0.15) is 0 Å². The maximum absolute atomic E-state index is 8.70. The van der Waals surface area contributed by atoms with E-state index in [4.69, 9.17) is 17.3 Å². The molecule has 0 aliphatic carbocycles. The molecule has 90 valence electrons. The Morgan fingerprint density at radius 1 is 1.47 bits per heavy atom. The van der Waals surface area contributed by atoms with Crippen molar-refractivity contribution in [1.82, 2.24) is 5.32 Å². The quantitative estimate of drug-likeness (QED) is 0.552. The molecule has 0 heterocycles. The van der Waals surface area contributed by atoms with E-state index in [0.29, 0.717) is 11.7 Å². The topological polar surface area (TPSA) is 44.3 Å². The first-order valence-corrected chi connectivity index (χ1v) is 5.70. The monoisotopic (exact) mass is 248 g/mol. The Bertz CT molecular complexity index is 416. The van der Waals surface area contributed by atoms with E-state index in [1.165, 1.54) is 0 Å². The van der Waals surface area contributed by atoms with Gasteiger partial charge < -0.3 is 15.7 Å².